The lowest BCUT2D eigenvalue weighted by Gasteiger charge is -1.91. The molecule has 0 spiro atoms. The highest BCUT2D eigenvalue weighted by Crippen LogP contribution is 2.07. The fourth-order valence-corrected chi connectivity index (χ4v) is 1.63. The molecular weight excluding hydrogens is 220 g/mol. The van der Waals surface area contributed by atoms with E-state index < -0.39 is 0 Å². The number of pyridine rings is 1. The van der Waals surface area contributed by atoms with Gasteiger partial charge in [-0.15, -0.1) is 0 Å². The van der Waals surface area contributed by atoms with Gasteiger partial charge in [0, 0.05) is 18.1 Å². The molecule has 2 N–H and O–H groups in total. The summed E-state index contributed by atoms with van der Waals surface area (Å²) in [6.45, 7) is 0.640. The van der Waals surface area contributed by atoms with Crippen LogP contribution in [0.1, 0.15) is 5.56 Å². The summed E-state index contributed by atoms with van der Waals surface area (Å²) in [7, 11) is 0. The Morgan fingerprint density at radius 3 is 2.11 bits per heavy atom. The van der Waals surface area contributed by atoms with Gasteiger partial charge in [-0.2, -0.15) is 0 Å². The molecule has 0 saturated carbocycles. The second-order valence-electron chi connectivity index (χ2n) is 3.89. The van der Waals surface area contributed by atoms with Gasteiger partial charge in [0.2, 0.25) is 0 Å². The van der Waals surface area contributed by atoms with Crippen LogP contribution in [0, 0.1) is 0 Å². The summed E-state index contributed by atoms with van der Waals surface area (Å²) in [5.41, 5.74) is 7.60. The summed E-state index contributed by atoms with van der Waals surface area (Å²) in [4.78, 5) is 4.18. The van der Waals surface area contributed by atoms with E-state index in [0.717, 1.165) is 5.52 Å². The average Bonchev–Trinajstić information content (AvgIpc) is 2.49. The minimum atomic E-state index is 0.640. The quantitative estimate of drug-likeness (QED) is 0.703. The molecule has 0 aliphatic heterocycles. The number of rotatable bonds is 1. The number of fused-ring (bicyclic) bond motifs is 1. The Balaban J connectivity index is 0.000000138. The molecule has 2 nitrogen and oxygen atoms in total. The van der Waals surface area contributed by atoms with Gasteiger partial charge in [0.25, 0.3) is 0 Å². The van der Waals surface area contributed by atoms with Crippen LogP contribution in [0.15, 0.2) is 72.9 Å². The van der Waals surface area contributed by atoms with Gasteiger partial charge in [-0.05, 0) is 17.7 Å². The summed E-state index contributed by atoms with van der Waals surface area (Å²) < 4.78 is 0. The summed E-state index contributed by atoms with van der Waals surface area (Å²) in [6, 6.07) is 22.1. The first kappa shape index (κ1) is 12.3. The van der Waals surface area contributed by atoms with Crippen molar-refractivity contribution in [1.82, 2.24) is 4.98 Å². The molecule has 0 unspecified atom stereocenters. The Bertz CT molecular complexity index is 526. The number of aromatic nitrogens is 1. The predicted octanol–water partition coefficient (Wildman–Crippen LogP) is 3.38. The molecule has 18 heavy (non-hydrogen) atoms. The molecule has 0 atom stereocenters. The van der Waals surface area contributed by atoms with Crippen LogP contribution in [0.2, 0.25) is 0 Å². The topological polar surface area (TPSA) is 38.9 Å². The molecule has 2 heteroatoms. The highest BCUT2D eigenvalue weighted by atomic mass is 14.6. The number of hydrogen-bond donors (Lipinski definition) is 1. The molecule has 1 aromatic heterocycles. The smallest absolute Gasteiger partial charge is 0.0701 e. The van der Waals surface area contributed by atoms with Crippen LogP contribution in [0.5, 0.6) is 0 Å². The van der Waals surface area contributed by atoms with E-state index in [1.807, 2.05) is 60.8 Å². The third kappa shape index (κ3) is 3.40. The number of nitrogens with two attached hydrogens (primary N) is 1. The van der Waals surface area contributed by atoms with Crippen molar-refractivity contribution in [2.45, 2.75) is 6.54 Å². The van der Waals surface area contributed by atoms with Gasteiger partial charge in [-0.3, -0.25) is 4.98 Å². The summed E-state index contributed by atoms with van der Waals surface area (Å²) in [5.74, 6) is 0. The molecule has 3 rings (SSSR count). The molecule has 0 amide bonds. The van der Waals surface area contributed by atoms with Crippen molar-refractivity contribution in [1.29, 1.82) is 0 Å². The lowest BCUT2D eigenvalue weighted by atomic mass is 10.2. The standard InChI is InChI=1S/C9H7N.C7H9N/c1-2-6-9-8(4-1)5-3-7-10-9;8-6-7-4-2-1-3-5-7/h1-7H;1-5H,6,8H2. The Labute approximate surface area is 107 Å². The second-order valence-corrected chi connectivity index (χ2v) is 3.89. The maximum Gasteiger partial charge on any atom is 0.0701 e. The number of para-hydroxylation sites is 1. The van der Waals surface area contributed by atoms with Gasteiger partial charge in [0.1, 0.15) is 0 Å². The van der Waals surface area contributed by atoms with Crippen LogP contribution in [0.3, 0.4) is 0 Å². The third-order valence-electron chi connectivity index (χ3n) is 2.59. The predicted molar refractivity (Wildman–Crippen MR) is 76.1 cm³/mol. The summed E-state index contributed by atoms with van der Waals surface area (Å²) >= 11 is 0. The van der Waals surface area contributed by atoms with E-state index in [0.29, 0.717) is 6.54 Å². The van der Waals surface area contributed by atoms with Gasteiger partial charge >= 0.3 is 0 Å². The Morgan fingerprint density at radius 1 is 0.778 bits per heavy atom. The molecular formula is C16H16N2. The molecule has 0 radical (unpaired) electrons. The maximum atomic E-state index is 5.35. The van der Waals surface area contributed by atoms with Crippen molar-refractivity contribution >= 4 is 10.9 Å². The molecule has 0 bridgehead atoms. The largest absolute Gasteiger partial charge is 0.326 e. The lowest BCUT2D eigenvalue weighted by molar-refractivity contribution is 1.07. The molecule has 3 aromatic rings. The van der Waals surface area contributed by atoms with E-state index >= 15 is 0 Å². The average molecular weight is 236 g/mol. The van der Waals surface area contributed by atoms with Crippen LogP contribution in [-0.2, 0) is 6.54 Å². The fraction of sp³-hybridized carbons (Fsp3) is 0.0625. The van der Waals surface area contributed by atoms with E-state index in [9.17, 15) is 0 Å². The van der Waals surface area contributed by atoms with E-state index in [4.69, 9.17) is 5.73 Å². The molecule has 0 saturated heterocycles. The first-order chi connectivity index (χ1) is 8.90. The molecule has 90 valence electrons. The number of benzene rings is 2. The zero-order valence-electron chi connectivity index (χ0n) is 10.2. The second kappa shape index (κ2) is 6.52. The van der Waals surface area contributed by atoms with E-state index in [-0.39, 0.29) is 0 Å². The van der Waals surface area contributed by atoms with Crippen molar-refractivity contribution in [3.63, 3.8) is 0 Å². The molecule has 0 fully saturated rings. The first-order valence-electron chi connectivity index (χ1n) is 5.94. The zero-order valence-corrected chi connectivity index (χ0v) is 10.2. The number of hydrogen-bond acceptors (Lipinski definition) is 2. The van der Waals surface area contributed by atoms with Crippen molar-refractivity contribution in [2.24, 2.45) is 5.73 Å². The van der Waals surface area contributed by atoms with E-state index in [1.165, 1.54) is 10.9 Å². The van der Waals surface area contributed by atoms with Crippen molar-refractivity contribution in [3.8, 4) is 0 Å². The van der Waals surface area contributed by atoms with Crippen LogP contribution in [0.4, 0.5) is 0 Å². The SMILES string of the molecule is NCc1ccccc1.c1ccc2ncccc2c1. The Morgan fingerprint density at radius 2 is 1.44 bits per heavy atom. The molecule has 0 aliphatic rings. The van der Waals surface area contributed by atoms with Crippen LogP contribution in [0.25, 0.3) is 10.9 Å². The molecule has 0 aliphatic carbocycles. The van der Waals surface area contributed by atoms with Crippen molar-refractivity contribution in [3.05, 3.63) is 78.5 Å². The summed E-state index contributed by atoms with van der Waals surface area (Å²) in [5, 5.41) is 1.20. The van der Waals surface area contributed by atoms with Gasteiger partial charge in [-0.25, -0.2) is 0 Å². The lowest BCUT2D eigenvalue weighted by Crippen LogP contribution is -1.94. The van der Waals surface area contributed by atoms with Crippen molar-refractivity contribution in [2.75, 3.05) is 0 Å². The van der Waals surface area contributed by atoms with E-state index in [1.54, 1.807) is 0 Å². The Hall–Kier alpha value is -2.19. The van der Waals surface area contributed by atoms with Gasteiger partial charge in [0.15, 0.2) is 0 Å². The van der Waals surface area contributed by atoms with Gasteiger partial charge in [-0.1, -0.05) is 54.6 Å². The van der Waals surface area contributed by atoms with E-state index in [2.05, 4.69) is 17.1 Å². The highest BCUT2D eigenvalue weighted by Gasteiger charge is 1.86. The zero-order chi connectivity index (χ0) is 12.6. The van der Waals surface area contributed by atoms with Crippen molar-refractivity contribution < 1.29 is 0 Å². The summed E-state index contributed by atoms with van der Waals surface area (Å²) in [6.07, 6.45) is 1.81. The normalized spacial score (nSPS) is 9.61. The maximum absolute atomic E-state index is 5.35. The third-order valence-corrected chi connectivity index (χ3v) is 2.59. The first-order valence-corrected chi connectivity index (χ1v) is 5.94. The molecule has 1 heterocycles. The minimum absolute atomic E-state index is 0.640. The van der Waals surface area contributed by atoms with Gasteiger partial charge in [0.05, 0.1) is 5.52 Å². The number of nitrogens with zero attached hydrogens (tertiary/aromatic N) is 1. The van der Waals surface area contributed by atoms with Crippen LogP contribution >= 0.6 is 0 Å². The monoisotopic (exact) mass is 236 g/mol. The minimum Gasteiger partial charge on any atom is -0.326 e. The van der Waals surface area contributed by atoms with Crippen LogP contribution < -0.4 is 5.73 Å². The van der Waals surface area contributed by atoms with Gasteiger partial charge < -0.3 is 5.73 Å². The highest BCUT2D eigenvalue weighted by molar-refractivity contribution is 5.77. The van der Waals surface area contributed by atoms with Crippen LogP contribution in [-0.4, -0.2) is 4.98 Å². The fourth-order valence-electron chi connectivity index (χ4n) is 1.63. The molecule has 2 aromatic carbocycles. The Kier molecular flexibility index (Phi) is 4.45.